The van der Waals surface area contributed by atoms with Crippen molar-refractivity contribution >= 4 is 22.7 Å². The number of nitro benzene ring substituents is 1. The first kappa shape index (κ1) is 13.8. The van der Waals surface area contributed by atoms with E-state index in [1.54, 1.807) is 13.2 Å². The maximum Gasteiger partial charge on any atom is 0.271 e. The number of anilines is 3. The van der Waals surface area contributed by atoms with Gasteiger partial charge in [0, 0.05) is 30.5 Å². The summed E-state index contributed by atoms with van der Waals surface area (Å²) in [5.74, 6) is 0. The summed E-state index contributed by atoms with van der Waals surface area (Å²) in [4.78, 5) is 10.2. The molecule has 0 unspecified atom stereocenters. The Hall–Kier alpha value is -2.60. The Kier molecular flexibility index (Phi) is 4.17. The average Bonchev–Trinajstić information content (AvgIpc) is 2.43. The van der Waals surface area contributed by atoms with Crippen molar-refractivity contribution in [3.8, 4) is 0 Å². The van der Waals surface area contributed by atoms with Gasteiger partial charge in [-0.15, -0.1) is 0 Å². The lowest BCUT2D eigenvalue weighted by Crippen LogP contribution is -2.01. The smallest absolute Gasteiger partial charge is 0.271 e. The number of benzene rings is 2. The Balaban J connectivity index is 2.28. The van der Waals surface area contributed by atoms with E-state index < -0.39 is 4.92 Å². The molecular formula is C14H15N3O3. The van der Waals surface area contributed by atoms with Crippen LogP contribution in [0.15, 0.2) is 42.5 Å². The van der Waals surface area contributed by atoms with Gasteiger partial charge in [0.05, 0.1) is 22.9 Å². The Morgan fingerprint density at radius 2 is 2.00 bits per heavy atom. The maximum atomic E-state index is 10.7. The average molecular weight is 273 g/mol. The Morgan fingerprint density at radius 1 is 1.25 bits per heavy atom. The number of nitrogen functional groups attached to an aromatic ring is 1. The molecule has 0 aliphatic rings. The largest absolute Gasteiger partial charge is 0.397 e. The number of non-ortho nitro benzene ring substituents is 1. The molecule has 0 fully saturated rings. The number of ether oxygens (including phenoxy) is 1. The van der Waals surface area contributed by atoms with Crippen LogP contribution in [0, 0.1) is 10.1 Å². The van der Waals surface area contributed by atoms with Gasteiger partial charge in [-0.05, 0) is 12.1 Å². The third kappa shape index (κ3) is 3.04. The Bertz CT molecular complexity index is 629. The molecule has 6 heteroatoms. The van der Waals surface area contributed by atoms with Gasteiger partial charge in [-0.2, -0.15) is 0 Å². The van der Waals surface area contributed by atoms with Crippen LogP contribution in [-0.4, -0.2) is 12.0 Å². The van der Waals surface area contributed by atoms with E-state index in [1.807, 2.05) is 24.3 Å². The number of para-hydroxylation sites is 1. The standard InChI is InChI=1S/C14H15N3O3/c1-20-9-10-4-2-3-5-13(10)16-14-7-6-11(17(18)19)8-12(14)15/h2-8,16H,9,15H2,1H3. The number of hydrogen-bond donors (Lipinski definition) is 2. The van der Waals surface area contributed by atoms with Crippen molar-refractivity contribution in [2.75, 3.05) is 18.2 Å². The second kappa shape index (κ2) is 6.03. The Morgan fingerprint density at radius 3 is 2.65 bits per heavy atom. The molecule has 0 aromatic heterocycles. The number of nitrogens with two attached hydrogens (primary N) is 1. The number of hydrogen-bond acceptors (Lipinski definition) is 5. The summed E-state index contributed by atoms with van der Waals surface area (Å²) in [7, 11) is 1.62. The van der Waals surface area contributed by atoms with Crippen molar-refractivity contribution in [3.63, 3.8) is 0 Å². The topological polar surface area (TPSA) is 90.4 Å². The highest BCUT2D eigenvalue weighted by Crippen LogP contribution is 2.28. The summed E-state index contributed by atoms with van der Waals surface area (Å²) < 4.78 is 5.13. The van der Waals surface area contributed by atoms with Crippen LogP contribution in [0.4, 0.5) is 22.7 Å². The molecule has 0 amide bonds. The van der Waals surface area contributed by atoms with Gasteiger partial charge in [0.25, 0.3) is 5.69 Å². The fraction of sp³-hybridized carbons (Fsp3) is 0.143. The fourth-order valence-electron chi connectivity index (χ4n) is 1.85. The van der Waals surface area contributed by atoms with Gasteiger partial charge in [0.2, 0.25) is 0 Å². The van der Waals surface area contributed by atoms with E-state index in [1.165, 1.54) is 12.1 Å². The summed E-state index contributed by atoms with van der Waals surface area (Å²) in [6, 6.07) is 12.0. The number of nitrogens with one attached hydrogen (secondary N) is 1. The summed E-state index contributed by atoms with van der Waals surface area (Å²) in [6.07, 6.45) is 0. The molecular weight excluding hydrogens is 258 g/mol. The number of nitro groups is 1. The SMILES string of the molecule is COCc1ccccc1Nc1ccc([N+](=O)[O-])cc1N. The van der Waals surface area contributed by atoms with E-state index in [9.17, 15) is 10.1 Å². The van der Waals surface area contributed by atoms with Crippen molar-refractivity contribution in [2.45, 2.75) is 6.61 Å². The van der Waals surface area contributed by atoms with Crippen LogP contribution in [0.25, 0.3) is 0 Å². The summed E-state index contributed by atoms with van der Waals surface area (Å²) in [5, 5.41) is 13.8. The van der Waals surface area contributed by atoms with Crippen LogP contribution < -0.4 is 11.1 Å². The van der Waals surface area contributed by atoms with Crippen LogP contribution in [0.5, 0.6) is 0 Å². The first-order chi connectivity index (χ1) is 9.61. The van der Waals surface area contributed by atoms with E-state index in [-0.39, 0.29) is 5.69 Å². The van der Waals surface area contributed by atoms with E-state index in [0.29, 0.717) is 18.0 Å². The maximum absolute atomic E-state index is 10.7. The van der Waals surface area contributed by atoms with Crippen LogP contribution in [-0.2, 0) is 11.3 Å². The molecule has 0 heterocycles. The van der Waals surface area contributed by atoms with Crippen LogP contribution in [0.2, 0.25) is 0 Å². The molecule has 0 radical (unpaired) electrons. The normalized spacial score (nSPS) is 10.2. The predicted molar refractivity (Wildman–Crippen MR) is 77.9 cm³/mol. The predicted octanol–water partition coefficient (Wildman–Crippen LogP) is 3.07. The van der Waals surface area contributed by atoms with Gasteiger partial charge in [0.15, 0.2) is 0 Å². The molecule has 0 atom stereocenters. The third-order valence-corrected chi connectivity index (χ3v) is 2.83. The highest BCUT2D eigenvalue weighted by molar-refractivity contribution is 5.75. The van der Waals surface area contributed by atoms with Crippen LogP contribution in [0.3, 0.4) is 0 Å². The van der Waals surface area contributed by atoms with Crippen LogP contribution in [0.1, 0.15) is 5.56 Å². The first-order valence-electron chi connectivity index (χ1n) is 5.99. The molecule has 3 N–H and O–H groups in total. The minimum absolute atomic E-state index is 0.0294. The summed E-state index contributed by atoms with van der Waals surface area (Å²) in [6.45, 7) is 0.468. The third-order valence-electron chi connectivity index (χ3n) is 2.83. The zero-order valence-corrected chi connectivity index (χ0v) is 11.0. The molecule has 0 saturated carbocycles. The minimum atomic E-state index is -0.473. The zero-order valence-electron chi connectivity index (χ0n) is 11.0. The van der Waals surface area contributed by atoms with Crippen LogP contribution >= 0.6 is 0 Å². The van der Waals surface area contributed by atoms with Gasteiger partial charge < -0.3 is 15.8 Å². The lowest BCUT2D eigenvalue weighted by atomic mass is 10.1. The van der Waals surface area contributed by atoms with Crippen molar-refractivity contribution < 1.29 is 9.66 Å². The molecule has 104 valence electrons. The molecule has 0 spiro atoms. The number of rotatable bonds is 5. The molecule has 0 bridgehead atoms. The molecule has 2 rings (SSSR count). The Labute approximate surface area is 116 Å². The summed E-state index contributed by atoms with van der Waals surface area (Å²) in [5.41, 5.74) is 8.59. The fourth-order valence-corrected chi connectivity index (χ4v) is 1.85. The highest BCUT2D eigenvalue weighted by Gasteiger charge is 2.10. The molecule has 0 aliphatic heterocycles. The number of methoxy groups -OCH3 is 1. The van der Waals surface area contributed by atoms with Crippen molar-refractivity contribution in [2.24, 2.45) is 0 Å². The van der Waals surface area contributed by atoms with E-state index in [0.717, 1.165) is 11.3 Å². The number of nitrogens with zero attached hydrogens (tertiary/aromatic N) is 1. The van der Waals surface area contributed by atoms with Gasteiger partial charge >= 0.3 is 0 Å². The highest BCUT2D eigenvalue weighted by atomic mass is 16.6. The lowest BCUT2D eigenvalue weighted by Gasteiger charge is -2.13. The molecule has 0 aliphatic carbocycles. The van der Waals surface area contributed by atoms with Crippen molar-refractivity contribution in [1.82, 2.24) is 0 Å². The molecule has 20 heavy (non-hydrogen) atoms. The zero-order chi connectivity index (χ0) is 14.5. The molecule has 2 aromatic carbocycles. The van der Waals surface area contributed by atoms with Gasteiger partial charge in [-0.3, -0.25) is 10.1 Å². The lowest BCUT2D eigenvalue weighted by molar-refractivity contribution is -0.384. The second-order valence-corrected chi connectivity index (χ2v) is 4.24. The first-order valence-corrected chi connectivity index (χ1v) is 5.99. The van der Waals surface area contributed by atoms with E-state index in [2.05, 4.69) is 5.32 Å². The summed E-state index contributed by atoms with van der Waals surface area (Å²) >= 11 is 0. The van der Waals surface area contributed by atoms with Crippen molar-refractivity contribution in [1.29, 1.82) is 0 Å². The second-order valence-electron chi connectivity index (χ2n) is 4.24. The molecule has 6 nitrogen and oxygen atoms in total. The quantitative estimate of drug-likeness (QED) is 0.496. The van der Waals surface area contributed by atoms with E-state index in [4.69, 9.17) is 10.5 Å². The molecule has 0 saturated heterocycles. The minimum Gasteiger partial charge on any atom is -0.397 e. The van der Waals surface area contributed by atoms with Gasteiger partial charge in [-0.25, -0.2) is 0 Å². The van der Waals surface area contributed by atoms with Gasteiger partial charge in [0.1, 0.15) is 0 Å². The molecule has 2 aromatic rings. The van der Waals surface area contributed by atoms with Crippen molar-refractivity contribution in [3.05, 3.63) is 58.1 Å². The van der Waals surface area contributed by atoms with E-state index >= 15 is 0 Å². The van der Waals surface area contributed by atoms with Gasteiger partial charge in [-0.1, -0.05) is 18.2 Å². The monoisotopic (exact) mass is 273 g/mol.